The van der Waals surface area contributed by atoms with Gasteiger partial charge in [-0.15, -0.1) is 11.8 Å². The first-order valence-corrected chi connectivity index (χ1v) is 9.21. The molecule has 0 fully saturated rings. The van der Waals surface area contributed by atoms with E-state index in [1.54, 1.807) is 23.9 Å². The Labute approximate surface area is 123 Å². The summed E-state index contributed by atoms with van der Waals surface area (Å²) in [5.74, 6) is 0.914. The highest BCUT2D eigenvalue weighted by Crippen LogP contribution is 2.40. The van der Waals surface area contributed by atoms with Gasteiger partial charge in [0.1, 0.15) is 0 Å². The standard InChI is InChI=1S/C15H15NO2S2/c1-20(17,18)15-9-5-3-7-12(15)16-13-10-19-14-8-4-2-6-11(13)14/h2-9,13,16H,10H2,1H3. The summed E-state index contributed by atoms with van der Waals surface area (Å²) >= 11 is 1.80. The summed E-state index contributed by atoms with van der Waals surface area (Å²) in [5.41, 5.74) is 1.91. The normalized spacial score (nSPS) is 17.8. The van der Waals surface area contributed by atoms with Crippen LogP contribution in [0.5, 0.6) is 0 Å². The molecule has 0 amide bonds. The molecule has 104 valence electrons. The molecule has 1 aliphatic heterocycles. The molecular weight excluding hydrogens is 290 g/mol. The van der Waals surface area contributed by atoms with E-state index >= 15 is 0 Å². The summed E-state index contributed by atoms with van der Waals surface area (Å²) in [6.45, 7) is 0. The van der Waals surface area contributed by atoms with Crippen molar-refractivity contribution in [2.45, 2.75) is 15.8 Å². The first-order valence-electron chi connectivity index (χ1n) is 6.33. The molecule has 1 aliphatic rings. The van der Waals surface area contributed by atoms with Crippen molar-refractivity contribution in [2.75, 3.05) is 17.3 Å². The Balaban J connectivity index is 1.94. The van der Waals surface area contributed by atoms with E-state index in [2.05, 4.69) is 17.4 Å². The van der Waals surface area contributed by atoms with E-state index in [-0.39, 0.29) is 6.04 Å². The van der Waals surface area contributed by atoms with Gasteiger partial charge < -0.3 is 5.32 Å². The molecule has 0 spiro atoms. The summed E-state index contributed by atoms with van der Waals surface area (Å²) in [7, 11) is -3.22. The quantitative estimate of drug-likeness (QED) is 0.944. The lowest BCUT2D eigenvalue weighted by atomic mass is 10.1. The molecule has 2 aromatic carbocycles. The summed E-state index contributed by atoms with van der Waals surface area (Å²) < 4.78 is 23.7. The Hall–Kier alpha value is -1.46. The van der Waals surface area contributed by atoms with E-state index in [1.165, 1.54) is 16.7 Å². The molecule has 3 nitrogen and oxygen atoms in total. The topological polar surface area (TPSA) is 46.2 Å². The van der Waals surface area contributed by atoms with E-state index in [0.29, 0.717) is 10.6 Å². The van der Waals surface area contributed by atoms with Crippen LogP contribution in [-0.4, -0.2) is 20.4 Å². The number of thioether (sulfide) groups is 1. The molecule has 0 saturated carbocycles. The van der Waals surface area contributed by atoms with E-state index in [0.717, 1.165) is 5.75 Å². The highest BCUT2D eigenvalue weighted by molar-refractivity contribution is 7.99. The molecule has 0 bridgehead atoms. The summed E-state index contributed by atoms with van der Waals surface area (Å²) in [6.07, 6.45) is 1.24. The second kappa shape index (κ2) is 5.14. The van der Waals surface area contributed by atoms with Gasteiger partial charge in [0.15, 0.2) is 9.84 Å². The van der Waals surface area contributed by atoms with E-state index in [4.69, 9.17) is 0 Å². The summed E-state index contributed by atoms with van der Waals surface area (Å²) in [4.78, 5) is 1.62. The molecule has 20 heavy (non-hydrogen) atoms. The van der Waals surface area contributed by atoms with Crippen molar-refractivity contribution in [3.63, 3.8) is 0 Å². The van der Waals surface area contributed by atoms with Crippen LogP contribution in [0.4, 0.5) is 5.69 Å². The van der Waals surface area contributed by atoms with Crippen LogP contribution < -0.4 is 5.32 Å². The van der Waals surface area contributed by atoms with Crippen molar-refractivity contribution in [2.24, 2.45) is 0 Å². The average molecular weight is 305 g/mol. The minimum atomic E-state index is -3.22. The maximum Gasteiger partial charge on any atom is 0.177 e. The Bertz CT molecular complexity index is 741. The first kappa shape index (κ1) is 13.5. The Morgan fingerprint density at radius 3 is 2.60 bits per heavy atom. The number of rotatable bonds is 3. The predicted octanol–water partition coefficient (Wildman–Crippen LogP) is 3.35. The molecule has 2 aromatic rings. The third-order valence-corrected chi connectivity index (χ3v) is 5.65. The number of nitrogens with one attached hydrogen (secondary N) is 1. The molecule has 0 saturated heterocycles. The fraction of sp³-hybridized carbons (Fsp3) is 0.200. The Morgan fingerprint density at radius 2 is 1.80 bits per heavy atom. The molecule has 1 unspecified atom stereocenters. The Morgan fingerprint density at radius 1 is 1.10 bits per heavy atom. The van der Waals surface area contributed by atoms with Crippen LogP contribution >= 0.6 is 11.8 Å². The lowest BCUT2D eigenvalue weighted by Gasteiger charge is -2.17. The molecule has 1 heterocycles. The van der Waals surface area contributed by atoms with Gasteiger partial charge in [-0.1, -0.05) is 30.3 Å². The number of hydrogen-bond donors (Lipinski definition) is 1. The van der Waals surface area contributed by atoms with E-state index in [9.17, 15) is 8.42 Å². The summed E-state index contributed by atoms with van der Waals surface area (Å²) in [5, 5.41) is 3.37. The second-order valence-electron chi connectivity index (χ2n) is 4.81. The van der Waals surface area contributed by atoms with Gasteiger partial charge in [-0.3, -0.25) is 0 Å². The lowest BCUT2D eigenvalue weighted by molar-refractivity contribution is 0.602. The highest BCUT2D eigenvalue weighted by atomic mass is 32.2. The smallest absolute Gasteiger partial charge is 0.177 e. The predicted molar refractivity (Wildman–Crippen MR) is 83.1 cm³/mol. The number of para-hydroxylation sites is 1. The van der Waals surface area contributed by atoms with Crippen LogP contribution in [0.1, 0.15) is 11.6 Å². The second-order valence-corrected chi connectivity index (χ2v) is 7.86. The van der Waals surface area contributed by atoms with Gasteiger partial charge in [-0.05, 0) is 23.8 Å². The zero-order valence-corrected chi connectivity index (χ0v) is 12.7. The minimum Gasteiger partial charge on any atom is -0.376 e. The van der Waals surface area contributed by atoms with Gasteiger partial charge in [0.25, 0.3) is 0 Å². The van der Waals surface area contributed by atoms with Crippen LogP contribution in [0.25, 0.3) is 0 Å². The van der Waals surface area contributed by atoms with Crippen molar-refractivity contribution in [3.05, 3.63) is 54.1 Å². The molecule has 1 N–H and O–H groups in total. The zero-order valence-electron chi connectivity index (χ0n) is 11.0. The maximum atomic E-state index is 11.8. The Kier molecular flexibility index (Phi) is 3.48. The van der Waals surface area contributed by atoms with E-state index in [1.807, 2.05) is 24.3 Å². The number of benzene rings is 2. The van der Waals surface area contributed by atoms with Gasteiger partial charge in [-0.25, -0.2) is 8.42 Å². The first-order chi connectivity index (χ1) is 9.55. The van der Waals surface area contributed by atoms with Crippen LogP contribution in [0.15, 0.2) is 58.3 Å². The van der Waals surface area contributed by atoms with Crippen LogP contribution in [0.3, 0.4) is 0 Å². The molecular formula is C15H15NO2S2. The summed E-state index contributed by atoms with van der Waals surface area (Å²) in [6, 6.07) is 15.5. The maximum absolute atomic E-state index is 11.8. The van der Waals surface area contributed by atoms with Gasteiger partial charge in [0, 0.05) is 16.9 Å². The third-order valence-electron chi connectivity index (χ3n) is 3.32. The highest BCUT2D eigenvalue weighted by Gasteiger charge is 2.24. The molecule has 0 aliphatic carbocycles. The SMILES string of the molecule is CS(=O)(=O)c1ccccc1NC1CSc2ccccc21. The van der Waals surface area contributed by atoms with E-state index < -0.39 is 9.84 Å². The monoisotopic (exact) mass is 305 g/mol. The molecule has 3 rings (SSSR count). The minimum absolute atomic E-state index is 0.152. The van der Waals surface area contributed by atoms with Crippen LogP contribution in [-0.2, 0) is 9.84 Å². The average Bonchev–Trinajstić information content (AvgIpc) is 2.82. The van der Waals surface area contributed by atoms with Crippen molar-refractivity contribution in [1.82, 2.24) is 0 Å². The molecule has 0 radical (unpaired) electrons. The molecule has 5 heteroatoms. The fourth-order valence-electron chi connectivity index (χ4n) is 2.38. The fourth-order valence-corrected chi connectivity index (χ4v) is 4.39. The van der Waals surface area contributed by atoms with Gasteiger partial charge in [0.2, 0.25) is 0 Å². The largest absolute Gasteiger partial charge is 0.376 e. The van der Waals surface area contributed by atoms with Gasteiger partial charge >= 0.3 is 0 Å². The van der Waals surface area contributed by atoms with Crippen LogP contribution in [0, 0.1) is 0 Å². The zero-order chi connectivity index (χ0) is 14.2. The number of anilines is 1. The van der Waals surface area contributed by atoms with Crippen molar-refractivity contribution in [1.29, 1.82) is 0 Å². The van der Waals surface area contributed by atoms with Crippen LogP contribution in [0.2, 0.25) is 0 Å². The van der Waals surface area contributed by atoms with Crippen molar-refractivity contribution in [3.8, 4) is 0 Å². The van der Waals surface area contributed by atoms with Crippen molar-refractivity contribution >= 4 is 27.3 Å². The number of hydrogen-bond acceptors (Lipinski definition) is 4. The third kappa shape index (κ3) is 2.55. The number of fused-ring (bicyclic) bond motifs is 1. The lowest BCUT2D eigenvalue weighted by Crippen LogP contribution is -2.12. The van der Waals surface area contributed by atoms with Crippen molar-refractivity contribution < 1.29 is 8.42 Å². The van der Waals surface area contributed by atoms with Gasteiger partial charge in [-0.2, -0.15) is 0 Å². The van der Waals surface area contributed by atoms with Gasteiger partial charge in [0.05, 0.1) is 16.6 Å². The molecule has 0 aromatic heterocycles. The number of sulfone groups is 1. The molecule has 1 atom stereocenters.